The highest BCUT2D eigenvalue weighted by Gasteiger charge is 2.48. The zero-order chi connectivity index (χ0) is 24.3. The largest absolute Gasteiger partial charge is 0.359 e. The first-order valence-electron chi connectivity index (χ1n) is 10.5. The number of nitriles is 1. The van der Waals surface area contributed by atoms with Gasteiger partial charge in [-0.3, -0.25) is 15.1 Å². The second-order valence-corrected chi connectivity index (χ2v) is 8.60. The fraction of sp³-hybridized carbons (Fsp3) is 0.280. The van der Waals surface area contributed by atoms with Gasteiger partial charge < -0.3 is 10.2 Å². The smallest absolute Gasteiger partial charge is 0.219 e. The number of halogens is 1. The van der Waals surface area contributed by atoms with E-state index in [2.05, 4.69) is 11.9 Å². The van der Waals surface area contributed by atoms with Crippen LogP contribution >= 0.6 is 12.2 Å². The number of carbonyl (C=O) groups is 1. The summed E-state index contributed by atoms with van der Waals surface area (Å²) in [6, 6.07) is 12.7. The van der Waals surface area contributed by atoms with Crippen LogP contribution in [-0.2, 0) is 11.2 Å². The zero-order valence-corrected chi connectivity index (χ0v) is 19.7. The average Bonchev–Trinajstić information content (AvgIpc) is 2.97. The van der Waals surface area contributed by atoms with Gasteiger partial charge in [-0.2, -0.15) is 5.26 Å². The SMILES string of the molecule is C=Cc1c(C#N)ccc(N2C(=N)C(C)(C)N(c3ccc(CCCC(=O)NC)cc3)C2=S)c1F. The first kappa shape index (κ1) is 24.1. The molecular weight excluding hydrogens is 437 g/mol. The molecule has 1 heterocycles. The fourth-order valence-corrected chi connectivity index (χ4v) is 4.44. The minimum absolute atomic E-state index is 0.0176. The molecule has 33 heavy (non-hydrogen) atoms. The Hall–Kier alpha value is -3.57. The molecule has 3 rings (SSSR count). The van der Waals surface area contributed by atoms with Crippen molar-refractivity contribution in [2.75, 3.05) is 16.8 Å². The Kier molecular flexibility index (Phi) is 6.94. The summed E-state index contributed by atoms with van der Waals surface area (Å²) in [5.41, 5.74) is 1.41. The number of anilines is 2. The van der Waals surface area contributed by atoms with Gasteiger partial charge >= 0.3 is 0 Å². The lowest BCUT2D eigenvalue weighted by atomic mass is 10.0. The molecule has 6 nitrogen and oxygen atoms in total. The van der Waals surface area contributed by atoms with Crippen molar-refractivity contribution < 1.29 is 9.18 Å². The predicted molar refractivity (Wildman–Crippen MR) is 134 cm³/mol. The van der Waals surface area contributed by atoms with Gasteiger partial charge in [0, 0.05) is 24.7 Å². The maximum atomic E-state index is 15.3. The average molecular weight is 464 g/mol. The van der Waals surface area contributed by atoms with Crippen molar-refractivity contribution in [3.63, 3.8) is 0 Å². The third-order valence-electron chi connectivity index (χ3n) is 5.81. The molecule has 1 amide bonds. The van der Waals surface area contributed by atoms with Gasteiger partial charge in [0.2, 0.25) is 5.91 Å². The van der Waals surface area contributed by atoms with Gasteiger partial charge in [0.15, 0.2) is 10.9 Å². The van der Waals surface area contributed by atoms with Crippen LogP contribution in [0, 0.1) is 22.6 Å². The minimum Gasteiger partial charge on any atom is -0.359 e. The summed E-state index contributed by atoms with van der Waals surface area (Å²) in [6.45, 7) is 7.32. The van der Waals surface area contributed by atoms with E-state index in [4.69, 9.17) is 17.6 Å². The molecule has 0 unspecified atom stereocenters. The van der Waals surface area contributed by atoms with Crippen LogP contribution in [0.4, 0.5) is 15.8 Å². The quantitative estimate of drug-likeness (QED) is 0.578. The Labute approximate surface area is 198 Å². The van der Waals surface area contributed by atoms with E-state index in [1.165, 1.54) is 23.1 Å². The van der Waals surface area contributed by atoms with Gasteiger partial charge in [-0.25, -0.2) is 4.39 Å². The molecule has 2 N–H and O–H groups in total. The third-order valence-corrected chi connectivity index (χ3v) is 6.18. The summed E-state index contributed by atoms with van der Waals surface area (Å²) in [5, 5.41) is 20.9. The van der Waals surface area contributed by atoms with Crippen LogP contribution < -0.4 is 15.1 Å². The van der Waals surface area contributed by atoms with Crippen LogP contribution in [-0.4, -0.2) is 29.4 Å². The molecule has 0 aromatic heterocycles. The molecule has 1 aliphatic heterocycles. The fourth-order valence-electron chi connectivity index (χ4n) is 3.91. The molecule has 1 saturated heterocycles. The Morgan fingerprint density at radius 1 is 1.30 bits per heavy atom. The van der Waals surface area contributed by atoms with Crippen LogP contribution in [0.15, 0.2) is 43.0 Å². The summed E-state index contributed by atoms with van der Waals surface area (Å²) in [7, 11) is 1.63. The maximum absolute atomic E-state index is 15.3. The van der Waals surface area contributed by atoms with Crippen molar-refractivity contribution >= 4 is 46.5 Å². The number of nitrogens with one attached hydrogen (secondary N) is 2. The predicted octanol–water partition coefficient (Wildman–Crippen LogP) is 4.78. The number of aryl methyl sites for hydroxylation is 1. The van der Waals surface area contributed by atoms with E-state index in [0.29, 0.717) is 6.42 Å². The van der Waals surface area contributed by atoms with Crippen LogP contribution in [0.25, 0.3) is 6.08 Å². The highest BCUT2D eigenvalue weighted by atomic mass is 32.1. The van der Waals surface area contributed by atoms with E-state index >= 15 is 4.39 Å². The summed E-state index contributed by atoms with van der Waals surface area (Å²) < 4.78 is 15.3. The van der Waals surface area contributed by atoms with Gasteiger partial charge in [-0.1, -0.05) is 24.8 Å². The van der Waals surface area contributed by atoms with Crippen LogP contribution in [0.2, 0.25) is 0 Å². The molecule has 1 fully saturated rings. The molecule has 0 bridgehead atoms. The lowest BCUT2D eigenvalue weighted by Crippen LogP contribution is -2.44. The number of benzene rings is 2. The molecule has 8 heteroatoms. The Bertz CT molecular complexity index is 1170. The Balaban J connectivity index is 1.91. The highest BCUT2D eigenvalue weighted by molar-refractivity contribution is 7.81. The van der Waals surface area contributed by atoms with Gasteiger partial charge in [0.05, 0.1) is 22.9 Å². The lowest BCUT2D eigenvalue weighted by Gasteiger charge is -2.30. The van der Waals surface area contributed by atoms with Crippen molar-refractivity contribution in [2.45, 2.75) is 38.6 Å². The third kappa shape index (κ3) is 4.37. The molecule has 0 radical (unpaired) electrons. The number of carbonyl (C=O) groups excluding carboxylic acids is 1. The number of nitrogens with zero attached hydrogens (tertiary/aromatic N) is 3. The molecular formula is C25H26FN5OS. The van der Waals surface area contributed by atoms with Crippen LogP contribution in [0.3, 0.4) is 0 Å². The monoisotopic (exact) mass is 463 g/mol. The molecule has 2 aromatic rings. The minimum atomic E-state index is -0.827. The van der Waals surface area contributed by atoms with Crippen LogP contribution in [0.1, 0.15) is 43.4 Å². The van der Waals surface area contributed by atoms with E-state index in [1.54, 1.807) is 7.05 Å². The summed E-state index contributed by atoms with van der Waals surface area (Å²) in [5.74, 6) is -0.495. The number of thiocarbonyl (C=S) groups is 1. The maximum Gasteiger partial charge on any atom is 0.219 e. The molecule has 1 aliphatic rings. The molecule has 2 aromatic carbocycles. The Morgan fingerprint density at radius 3 is 2.55 bits per heavy atom. The van der Waals surface area contributed by atoms with Gasteiger partial charge in [0.25, 0.3) is 0 Å². The number of hydrogen-bond donors (Lipinski definition) is 2. The van der Waals surface area contributed by atoms with Crippen LogP contribution in [0.5, 0.6) is 0 Å². The first-order valence-corrected chi connectivity index (χ1v) is 11.0. The number of rotatable bonds is 7. The highest BCUT2D eigenvalue weighted by Crippen LogP contribution is 2.38. The normalized spacial score (nSPS) is 14.9. The van der Waals surface area contributed by atoms with E-state index in [0.717, 1.165) is 24.1 Å². The van der Waals surface area contributed by atoms with Crippen molar-refractivity contribution in [1.29, 1.82) is 10.7 Å². The van der Waals surface area contributed by atoms with Gasteiger partial charge in [-0.15, -0.1) is 0 Å². The van der Waals surface area contributed by atoms with E-state index in [9.17, 15) is 10.1 Å². The number of amidine groups is 1. The first-order chi connectivity index (χ1) is 15.7. The zero-order valence-electron chi connectivity index (χ0n) is 18.9. The van der Waals surface area contributed by atoms with Crippen molar-refractivity contribution in [2.24, 2.45) is 0 Å². The molecule has 170 valence electrons. The summed E-state index contributed by atoms with van der Waals surface area (Å²) in [4.78, 5) is 14.6. The molecule has 0 spiro atoms. The second kappa shape index (κ2) is 9.51. The molecule has 0 saturated carbocycles. The topological polar surface area (TPSA) is 83.2 Å². The molecule has 0 atom stereocenters. The lowest BCUT2D eigenvalue weighted by molar-refractivity contribution is -0.120. The van der Waals surface area contributed by atoms with E-state index in [1.807, 2.05) is 49.1 Å². The second-order valence-electron chi connectivity index (χ2n) is 8.23. The number of hydrogen-bond acceptors (Lipinski definition) is 4. The number of amides is 1. The summed E-state index contributed by atoms with van der Waals surface area (Å²) in [6.07, 6.45) is 3.28. The Morgan fingerprint density at radius 2 is 1.97 bits per heavy atom. The van der Waals surface area contributed by atoms with Crippen molar-refractivity contribution in [3.8, 4) is 6.07 Å². The summed E-state index contributed by atoms with van der Waals surface area (Å²) >= 11 is 5.71. The van der Waals surface area contributed by atoms with E-state index in [-0.39, 0.29) is 33.7 Å². The van der Waals surface area contributed by atoms with Crippen molar-refractivity contribution in [3.05, 3.63) is 65.5 Å². The van der Waals surface area contributed by atoms with E-state index < -0.39 is 11.4 Å². The van der Waals surface area contributed by atoms with Crippen molar-refractivity contribution in [1.82, 2.24) is 5.32 Å². The van der Waals surface area contributed by atoms with Gasteiger partial charge in [0.1, 0.15) is 5.84 Å². The molecule has 0 aliphatic carbocycles. The van der Waals surface area contributed by atoms with Gasteiger partial charge in [-0.05, 0) is 68.7 Å². The standard InChI is InChI=1S/C25H26FN5OS/c1-5-19-17(15-27)11-14-20(22(19)26)30-23(28)25(2,3)31(24(30)33)18-12-9-16(10-13-18)7-6-8-21(32)29-4/h5,9-14,28H,1,6-8H2,2-4H3,(H,29,32).